The molecular weight excluding hydrogens is 214 g/mol. The summed E-state index contributed by atoms with van der Waals surface area (Å²) in [4.78, 5) is 4.33. The zero-order valence-electron chi connectivity index (χ0n) is 10.6. The molecule has 0 amide bonds. The summed E-state index contributed by atoms with van der Waals surface area (Å²) >= 11 is 0. The van der Waals surface area contributed by atoms with E-state index in [1.807, 2.05) is 30.7 Å². The number of aliphatic hydroxyl groups is 1. The molecule has 0 aliphatic rings. The largest absolute Gasteiger partial charge is 0.389 e. The van der Waals surface area contributed by atoms with Crippen LogP contribution in [0.5, 0.6) is 0 Å². The minimum absolute atomic E-state index is 0.487. The lowest BCUT2D eigenvalue weighted by molar-refractivity contribution is 0.199. The van der Waals surface area contributed by atoms with Crippen LogP contribution in [0.2, 0.25) is 0 Å². The van der Waals surface area contributed by atoms with E-state index >= 15 is 0 Å². The summed E-state index contributed by atoms with van der Waals surface area (Å²) < 4.78 is 1.83. The predicted molar refractivity (Wildman–Crippen MR) is 66.2 cm³/mol. The number of hydrogen-bond acceptors (Lipinski definition) is 3. The fraction of sp³-hybridized carbons (Fsp3) is 0.385. The Kier molecular flexibility index (Phi) is 2.98. The normalized spacial score (nSPS) is 12.8. The van der Waals surface area contributed by atoms with Gasteiger partial charge < -0.3 is 5.11 Å². The highest BCUT2D eigenvalue weighted by molar-refractivity contribution is 5.32. The Morgan fingerprint density at radius 3 is 2.35 bits per heavy atom. The summed E-state index contributed by atoms with van der Waals surface area (Å²) in [5, 5.41) is 13.9. The van der Waals surface area contributed by atoms with Gasteiger partial charge in [-0.1, -0.05) is 6.07 Å². The Balaban J connectivity index is 2.43. The first-order chi connectivity index (χ1) is 8.00. The van der Waals surface area contributed by atoms with Crippen molar-refractivity contribution in [3.63, 3.8) is 0 Å². The summed E-state index contributed by atoms with van der Waals surface area (Å²) in [6.07, 6.45) is 1.20. The molecule has 0 saturated heterocycles. The summed E-state index contributed by atoms with van der Waals surface area (Å²) in [6.45, 7) is 7.80. The van der Waals surface area contributed by atoms with Gasteiger partial charge in [0.2, 0.25) is 0 Å². The zero-order chi connectivity index (χ0) is 12.6. The van der Waals surface area contributed by atoms with Crippen molar-refractivity contribution in [3.8, 4) is 5.82 Å². The third-order valence-corrected chi connectivity index (χ3v) is 3.12. The molecule has 90 valence electrons. The maximum atomic E-state index is 9.43. The van der Waals surface area contributed by atoms with E-state index in [0.29, 0.717) is 0 Å². The van der Waals surface area contributed by atoms with Gasteiger partial charge in [-0.3, -0.25) is 0 Å². The van der Waals surface area contributed by atoms with Gasteiger partial charge in [0.1, 0.15) is 0 Å². The maximum absolute atomic E-state index is 9.43. The Hall–Kier alpha value is -1.68. The number of aromatic nitrogens is 3. The first kappa shape index (κ1) is 11.8. The Labute approximate surface area is 101 Å². The van der Waals surface area contributed by atoms with Gasteiger partial charge in [0, 0.05) is 11.9 Å². The van der Waals surface area contributed by atoms with Crippen LogP contribution in [0, 0.1) is 20.8 Å². The first-order valence-corrected chi connectivity index (χ1v) is 5.68. The van der Waals surface area contributed by atoms with Gasteiger partial charge in [-0.05, 0) is 44.9 Å². The molecule has 4 nitrogen and oxygen atoms in total. The molecular formula is C13H17N3O. The highest BCUT2D eigenvalue weighted by atomic mass is 16.3. The molecule has 0 unspecified atom stereocenters. The third-order valence-electron chi connectivity index (χ3n) is 3.12. The van der Waals surface area contributed by atoms with Crippen LogP contribution in [-0.4, -0.2) is 19.9 Å². The van der Waals surface area contributed by atoms with Crippen LogP contribution in [0.25, 0.3) is 5.82 Å². The van der Waals surface area contributed by atoms with Crippen LogP contribution < -0.4 is 0 Å². The van der Waals surface area contributed by atoms with Crippen LogP contribution in [0.3, 0.4) is 0 Å². The van der Waals surface area contributed by atoms with Gasteiger partial charge in [-0.25, -0.2) is 9.67 Å². The van der Waals surface area contributed by atoms with E-state index in [-0.39, 0.29) is 0 Å². The quantitative estimate of drug-likeness (QED) is 0.862. The molecule has 1 atom stereocenters. The molecule has 0 bridgehead atoms. The average Bonchev–Trinajstić information content (AvgIpc) is 2.57. The highest BCUT2D eigenvalue weighted by Crippen LogP contribution is 2.17. The molecule has 2 aromatic heterocycles. The molecule has 0 aromatic carbocycles. The van der Waals surface area contributed by atoms with Crippen molar-refractivity contribution in [2.45, 2.75) is 33.8 Å². The standard InChI is InChI=1S/C13H17N3O/c1-8-9(2)15-16(10(8)3)13-6-5-12(7-14-13)11(4)17/h5-7,11,17H,1-4H3/t11-/m1/s1. The lowest BCUT2D eigenvalue weighted by Crippen LogP contribution is -2.03. The summed E-state index contributed by atoms with van der Waals surface area (Å²) in [6, 6.07) is 3.75. The molecule has 0 saturated carbocycles. The highest BCUT2D eigenvalue weighted by Gasteiger charge is 2.10. The van der Waals surface area contributed by atoms with Gasteiger partial charge in [-0.2, -0.15) is 5.10 Å². The van der Waals surface area contributed by atoms with E-state index in [9.17, 15) is 5.11 Å². The third kappa shape index (κ3) is 2.08. The molecule has 1 N–H and O–H groups in total. The SMILES string of the molecule is Cc1nn(-c2ccc([C@@H](C)O)cn2)c(C)c1C. The van der Waals surface area contributed by atoms with Crippen LogP contribution in [0.1, 0.15) is 35.5 Å². The number of hydrogen-bond donors (Lipinski definition) is 1. The van der Waals surface area contributed by atoms with Gasteiger partial charge in [0.15, 0.2) is 5.82 Å². The van der Waals surface area contributed by atoms with Crippen molar-refractivity contribution in [2.75, 3.05) is 0 Å². The lowest BCUT2D eigenvalue weighted by Gasteiger charge is -2.06. The van der Waals surface area contributed by atoms with Crippen molar-refractivity contribution in [1.82, 2.24) is 14.8 Å². The number of rotatable bonds is 2. The average molecular weight is 231 g/mol. The summed E-state index contributed by atoms with van der Waals surface area (Å²) in [7, 11) is 0. The van der Waals surface area contributed by atoms with E-state index in [2.05, 4.69) is 17.0 Å². The van der Waals surface area contributed by atoms with Crippen molar-refractivity contribution in [1.29, 1.82) is 0 Å². The Morgan fingerprint density at radius 1 is 1.24 bits per heavy atom. The monoisotopic (exact) mass is 231 g/mol. The molecule has 2 rings (SSSR count). The van der Waals surface area contributed by atoms with E-state index in [4.69, 9.17) is 0 Å². The first-order valence-electron chi connectivity index (χ1n) is 5.68. The zero-order valence-corrected chi connectivity index (χ0v) is 10.6. The van der Waals surface area contributed by atoms with Crippen molar-refractivity contribution < 1.29 is 5.11 Å². The van der Waals surface area contributed by atoms with E-state index in [0.717, 1.165) is 22.8 Å². The Bertz CT molecular complexity index is 526. The second-order valence-corrected chi connectivity index (χ2v) is 4.33. The summed E-state index contributed by atoms with van der Waals surface area (Å²) in [5.74, 6) is 0.781. The Morgan fingerprint density at radius 2 is 1.94 bits per heavy atom. The van der Waals surface area contributed by atoms with Crippen LogP contribution in [0.4, 0.5) is 0 Å². The second kappa shape index (κ2) is 4.30. The molecule has 0 aliphatic heterocycles. The fourth-order valence-corrected chi connectivity index (χ4v) is 1.71. The van der Waals surface area contributed by atoms with Crippen molar-refractivity contribution >= 4 is 0 Å². The molecule has 0 aliphatic carbocycles. The number of nitrogens with zero attached hydrogens (tertiary/aromatic N) is 3. The minimum Gasteiger partial charge on any atom is -0.389 e. The lowest BCUT2D eigenvalue weighted by atomic mass is 10.2. The van der Waals surface area contributed by atoms with E-state index in [1.54, 1.807) is 13.1 Å². The van der Waals surface area contributed by atoms with Gasteiger partial charge in [-0.15, -0.1) is 0 Å². The molecule has 0 spiro atoms. The van der Waals surface area contributed by atoms with Crippen LogP contribution in [-0.2, 0) is 0 Å². The number of aliphatic hydroxyl groups excluding tert-OH is 1. The molecule has 0 radical (unpaired) electrons. The minimum atomic E-state index is -0.487. The van der Waals surface area contributed by atoms with Gasteiger partial charge >= 0.3 is 0 Å². The van der Waals surface area contributed by atoms with E-state index < -0.39 is 6.10 Å². The molecule has 2 heterocycles. The maximum Gasteiger partial charge on any atom is 0.153 e. The molecule has 17 heavy (non-hydrogen) atoms. The smallest absolute Gasteiger partial charge is 0.153 e. The number of pyridine rings is 1. The van der Waals surface area contributed by atoms with Crippen LogP contribution >= 0.6 is 0 Å². The van der Waals surface area contributed by atoms with Crippen LogP contribution in [0.15, 0.2) is 18.3 Å². The molecule has 0 fully saturated rings. The second-order valence-electron chi connectivity index (χ2n) is 4.33. The molecule has 4 heteroatoms. The summed E-state index contributed by atoms with van der Waals surface area (Å²) in [5.41, 5.74) is 4.11. The van der Waals surface area contributed by atoms with Crippen molar-refractivity contribution in [3.05, 3.63) is 40.8 Å². The topological polar surface area (TPSA) is 50.9 Å². The predicted octanol–water partition coefficient (Wildman–Crippen LogP) is 2.25. The van der Waals surface area contributed by atoms with Crippen molar-refractivity contribution in [2.24, 2.45) is 0 Å². The van der Waals surface area contributed by atoms with Gasteiger partial charge in [0.05, 0.1) is 11.8 Å². The van der Waals surface area contributed by atoms with E-state index in [1.165, 1.54) is 5.56 Å². The van der Waals surface area contributed by atoms with Gasteiger partial charge in [0.25, 0.3) is 0 Å². The fourth-order valence-electron chi connectivity index (χ4n) is 1.71. The molecule has 2 aromatic rings. The number of aryl methyl sites for hydroxylation is 1.